The molecule has 3 amide bonds. The van der Waals surface area contributed by atoms with E-state index in [0.29, 0.717) is 30.2 Å². The third-order valence-electron chi connectivity index (χ3n) is 5.35. The van der Waals surface area contributed by atoms with Gasteiger partial charge in [0.05, 0.1) is 16.3 Å². The Morgan fingerprint density at radius 3 is 2.33 bits per heavy atom. The smallest absolute Gasteiger partial charge is 0.319 e. The normalized spacial score (nSPS) is 14.4. The average Bonchev–Trinajstić information content (AvgIpc) is 2.80. The summed E-state index contributed by atoms with van der Waals surface area (Å²) < 4.78 is 27.6. The molecule has 0 unspecified atom stereocenters. The van der Waals surface area contributed by atoms with Gasteiger partial charge in [0.1, 0.15) is 0 Å². The number of piperidine rings is 1. The van der Waals surface area contributed by atoms with E-state index in [1.54, 1.807) is 29.2 Å². The molecule has 178 valence electrons. The Labute approximate surface area is 195 Å². The van der Waals surface area contributed by atoms with Gasteiger partial charge < -0.3 is 20.9 Å². The summed E-state index contributed by atoms with van der Waals surface area (Å²) in [5.74, 6) is -0.328. The van der Waals surface area contributed by atoms with Crippen molar-refractivity contribution >= 4 is 39.0 Å². The Morgan fingerprint density at radius 1 is 0.970 bits per heavy atom. The molecule has 9 nitrogen and oxygen atoms in total. The SMILES string of the molecule is CN(C)c1ccc(S(=O)(=O)N2CCCCC2)cc1NC(=O)CCNC(=O)Nc1ccccc1. The lowest BCUT2D eigenvalue weighted by molar-refractivity contribution is -0.116. The fourth-order valence-electron chi connectivity index (χ4n) is 3.62. The summed E-state index contributed by atoms with van der Waals surface area (Å²) in [6.45, 7) is 1.15. The number of carbonyl (C=O) groups is 2. The molecule has 2 aromatic rings. The number of nitrogens with one attached hydrogen (secondary N) is 3. The molecule has 0 aromatic heterocycles. The van der Waals surface area contributed by atoms with Gasteiger partial charge in [-0.2, -0.15) is 4.31 Å². The largest absolute Gasteiger partial charge is 0.376 e. The quantitative estimate of drug-likeness (QED) is 0.546. The van der Waals surface area contributed by atoms with E-state index in [4.69, 9.17) is 0 Å². The molecule has 0 atom stereocenters. The molecule has 1 saturated heterocycles. The van der Waals surface area contributed by atoms with Crippen molar-refractivity contribution in [1.29, 1.82) is 0 Å². The minimum atomic E-state index is -3.62. The van der Waals surface area contributed by atoms with Crippen molar-refractivity contribution in [3.8, 4) is 0 Å². The second kappa shape index (κ2) is 11.2. The maximum absolute atomic E-state index is 13.0. The van der Waals surface area contributed by atoms with Crippen LogP contribution in [0.2, 0.25) is 0 Å². The fourth-order valence-corrected chi connectivity index (χ4v) is 5.16. The predicted molar refractivity (Wildman–Crippen MR) is 130 cm³/mol. The van der Waals surface area contributed by atoms with Crippen LogP contribution in [0, 0.1) is 0 Å². The molecule has 33 heavy (non-hydrogen) atoms. The van der Waals surface area contributed by atoms with Gasteiger partial charge in [0, 0.05) is 45.8 Å². The molecular weight excluding hydrogens is 442 g/mol. The van der Waals surface area contributed by atoms with E-state index in [9.17, 15) is 18.0 Å². The number of rotatable bonds is 8. The highest BCUT2D eigenvalue weighted by atomic mass is 32.2. The van der Waals surface area contributed by atoms with Gasteiger partial charge in [-0.15, -0.1) is 0 Å². The highest BCUT2D eigenvalue weighted by molar-refractivity contribution is 7.89. The van der Waals surface area contributed by atoms with E-state index < -0.39 is 16.1 Å². The van der Waals surface area contributed by atoms with Crippen LogP contribution in [0.4, 0.5) is 21.9 Å². The van der Waals surface area contributed by atoms with Crippen molar-refractivity contribution in [2.75, 3.05) is 49.3 Å². The molecule has 10 heteroatoms. The van der Waals surface area contributed by atoms with Gasteiger partial charge in [0.25, 0.3) is 0 Å². The van der Waals surface area contributed by atoms with Crippen LogP contribution in [0.1, 0.15) is 25.7 Å². The molecule has 1 aliphatic heterocycles. The monoisotopic (exact) mass is 473 g/mol. The molecule has 3 N–H and O–H groups in total. The molecule has 3 rings (SSSR count). The third-order valence-corrected chi connectivity index (χ3v) is 7.24. The van der Waals surface area contributed by atoms with Crippen LogP contribution in [0.25, 0.3) is 0 Å². The minimum absolute atomic E-state index is 0.0399. The number of nitrogens with zero attached hydrogens (tertiary/aromatic N) is 2. The van der Waals surface area contributed by atoms with Gasteiger partial charge in [-0.25, -0.2) is 13.2 Å². The fraction of sp³-hybridized carbons (Fsp3) is 0.391. The lowest BCUT2D eigenvalue weighted by Gasteiger charge is -2.26. The zero-order valence-corrected chi connectivity index (χ0v) is 19.8. The zero-order valence-electron chi connectivity index (χ0n) is 19.0. The van der Waals surface area contributed by atoms with Crippen molar-refractivity contribution in [1.82, 2.24) is 9.62 Å². The number of benzene rings is 2. The number of para-hydroxylation sites is 1. The lowest BCUT2D eigenvalue weighted by atomic mass is 10.2. The Kier molecular flexibility index (Phi) is 8.29. The molecule has 1 fully saturated rings. The van der Waals surface area contributed by atoms with E-state index in [-0.39, 0.29) is 23.8 Å². The van der Waals surface area contributed by atoms with E-state index >= 15 is 0 Å². The first-order chi connectivity index (χ1) is 15.8. The maximum atomic E-state index is 13.0. The number of hydrogen-bond donors (Lipinski definition) is 3. The van der Waals surface area contributed by atoms with E-state index in [2.05, 4.69) is 16.0 Å². The highest BCUT2D eigenvalue weighted by Crippen LogP contribution is 2.30. The summed E-state index contributed by atoms with van der Waals surface area (Å²) in [5, 5.41) is 8.12. The van der Waals surface area contributed by atoms with Crippen LogP contribution >= 0.6 is 0 Å². The van der Waals surface area contributed by atoms with Gasteiger partial charge in [0.2, 0.25) is 15.9 Å². The lowest BCUT2D eigenvalue weighted by Crippen LogP contribution is -2.35. The van der Waals surface area contributed by atoms with Crippen LogP contribution in [0.5, 0.6) is 0 Å². The minimum Gasteiger partial charge on any atom is -0.376 e. The number of amides is 3. The highest BCUT2D eigenvalue weighted by Gasteiger charge is 2.27. The van der Waals surface area contributed by atoms with Gasteiger partial charge in [-0.3, -0.25) is 4.79 Å². The standard InChI is InChI=1S/C23H31N5O4S/c1-27(2)21-12-11-19(33(31,32)28-15-7-4-8-16-28)17-20(21)26-22(29)13-14-24-23(30)25-18-9-5-3-6-10-18/h3,5-6,9-12,17H,4,7-8,13-16H2,1-2H3,(H,26,29)(H2,24,25,30). The topological polar surface area (TPSA) is 111 Å². The van der Waals surface area contributed by atoms with Gasteiger partial charge in [-0.1, -0.05) is 24.6 Å². The van der Waals surface area contributed by atoms with Crippen LogP contribution in [0.3, 0.4) is 0 Å². The summed E-state index contributed by atoms with van der Waals surface area (Å²) >= 11 is 0. The number of carbonyl (C=O) groups excluding carboxylic acids is 2. The van der Waals surface area contributed by atoms with Crippen LogP contribution < -0.4 is 20.9 Å². The molecule has 1 aliphatic rings. The second-order valence-corrected chi connectivity index (χ2v) is 10.0. The summed E-state index contributed by atoms with van der Waals surface area (Å²) in [5.41, 5.74) is 1.76. The first-order valence-electron chi connectivity index (χ1n) is 11.0. The van der Waals surface area contributed by atoms with Crippen molar-refractivity contribution in [3.63, 3.8) is 0 Å². The molecule has 0 spiro atoms. The zero-order chi connectivity index (χ0) is 23.8. The first kappa shape index (κ1) is 24.5. The van der Waals surface area contributed by atoms with E-state index in [1.807, 2.05) is 32.3 Å². The van der Waals surface area contributed by atoms with E-state index in [1.165, 1.54) is 10.4 Å². The molecule has 1 heterocycles. The van der Waals surface area contributed by atoms with Crippen molar-refractivity contribution in [3.05, 3.63) is 48.5 Å². The molecular formula is C23H31N5O4S. The first-order valence-corrected chi connectivity index (χ1v) is 12.4. The Bertz CT molecular complexity index is 1070. The summed E-state index contributed by atoms with van der Waals surface area (Å²) in [4.78, 5) is 26.5. The molecule has 0 aliphatic carbocycles. The Hall–Kier alpha value is -3.11. The van der Waals surface area contributed by atoms with Gasteiger partial charge in [0.15, 0.2) is 0 Å². The van der Waals surface area contributed by atoms with Gasteiger partial charge in [-0.05, 0) is 43.2 Å². The molecule has 0 radical (unpaired) electrons. The summed E-state index contributed by atoms with van der Waals surface area (Å²) in [6, 6.07) is 13.4. The Morgan fingerprint density at radius 2 is 1.67 bits per heavy atom. The number of sulfonamides is 1. The van der Waals surface area contributed by atoms with Gasteiger partial charge >= 0.3 is 6.03 Å². The predicted octanol–water partition coefficient (Wildman–Crippen LogP) is 3.08. The summed E-state index contributed by atoms with van der Waals surface area (Å²) in [7, 11) is 0.0150. The molecule has 0 bridgehead atoms. The van der Waals surface area contributed by atoms with E-state index in [0.717, 1.165) is 19.3 Å². The molecule has 0 saturated carbocycles. The van der Waals surface area contributed by atoms with Crippen LogP contribution in [0.15, 0.2) is 53.4 Å². The number of hydrogen-bond acceptors (Lipinski definition) is 5. The van der Waals surface area contributed by atoms with Crippen molar-refractivity contribution in [2.45, 2.75) is 30.6 Å². The van der Waals surface area contributed by atoms with Crippen LogP contribution in [-0.4, -0.2) is 58.4 Å². The van der Waals surface area contributed by atoms with Crippen LogP contribution in [-0.2, 0) is 14.8 Å². The number of anilines is 3. The maximum Gasteiger partial charge on any atom is 0.319 e. The Balaban J connectivity index is 1.62. The average molecular weight is 474 g/mol. The van der Waals surface area contributed by atoms with Crippen molar-refractivity contribution in [2.24, 2.45) is 0 Å². The molecule has 2 aromatic carbocycles. The second-order valence-electron chi connectivity index (χ2n) is 8.08. The van der Waals surface area contributed by atoms with Crippen molar-refractivity contribution < 1.29 is 18.0 Å². The summed E-state index contributed by atoms with van der Waals surface area (Å²) in [6.07, 6.45) is 2.77. The number of urea groups is 1. The third kappa shape index (κ3) is 6.69.